The predicted molar refractivity (Wildman–Crippen MR) is 80.7 cm³/mol. The highest BCUT2D eigenvalue weighted by Gasteiger charge is 2.38. The van der Waals surface area contributed by atoms with Gasteiger partial charge in [0.05, 0.1) is 16.9 Å². The molecule has 1 atom stereocenters. The maximum Gasteiger partial charge on any atom is 0.276 e. The zero-order chi connectivity index (χ0) is 15.7. The van der Waals surface area contributed by atoms with Crippen LogP contribution < -0.4 is 4.90 Å². The van der Waals surface area contributed by atoms with E-state index in [0.717, 1.165) is 0 Å². The van der Waals surface area contributed by atoms with Crippen molar-refractivity contribution in [2.24, 2.45) is 0 Å². The van der Waals surface area contributed by atoms with Crippen molar-refractivity contribution in [3.05, 3.63) is 41.2 Å². The van der Waals surface area contributed by atoms with Gasteiger partial charge in [0.15, 0.2) is 5.69 Å². The van der Waals surface area contributed by atoms with Gasteiger partial charge in [0.25, 0.3) is 5.91 Å². The van der Waals surface area contributed by atoms with Crippen LogP contribution in [0, 0.1) is 0 Å². The van der Waals surface area contributed by atoms with Crippen molar-refractivity contribution < 1.29 is 9.59 Å². The van der Waals surface area contributed by atoms with E-state index in [1.807, 2.05) is 12.1 Å². The summed E-state index contributed by atoms with van der Waals surface area (Å²) in [4.78, 5) is 27.9. The Kier molecular flexibility index (Phi) is 3.81. The molecule has 1 aliphatic heterocycles. The summed E-state index contributed by atoms with van der Waals surface area (Å²) in [5.74, 6) is -0.486. The van der Waals surface area contributed by atoms with Crippen LogP contribution in [-0.2, 0) is 4.79 Å². The molecule has 3 rings (SSSR count). The number of aromatic nitrogens is 3. The second-order valence-corrected chi connectivity index (χ2v) is 5.42. The van der Waals surface area contributed by atoms with E-state index in [2.05, 4.69) is 15.4 Å². The number of carbonyl (C=O) groups is 2. The van der Waals surface area contributed by atoms with E-state index in [4.69, 9.17) is 11.6 Å². The quantitative estimate of drug-likeness (QED) is 0.925. The Bertz CT molecular complexity index is 703. The minimum atomic E-state index is -0.527. The van der Waals surface area contributed by atoms with Crippen LogP contribution in [0.5, 0.6) is 0 Å². The number of nitrogens with one attached hydrogen (secondary N) is 1. The number of aromatic amines is 1. The molecule has 114 valence electrons. The number of carbonyl (C=O) groups excluding carboxylic acids is 2. The average molecular weight is 320 g/mol. The molecule has 0 saturated carbocycles. The van der Waals surface area contributed by atoms with Crippen LogP contribution in [0.15, 0.2) is 30.5 Å². The fourth-order valence-electron chi connectivity index (χ4n) is 2.56. The first-order valence-electron chi connectivity index (χ1n) is 6.78. The first-order valence-corrected chi connectivity index (χ1v) is 7.16. The molecule has 1 aromatic carbocycles. The molecule has 0 spiro atoms. The van der Waals surface area contributed by atoms with E-state index in [9.17, 15) is 9.59 Å². The van der Waals surface area contributed by atoms with Gasteiger partial charge in [-0.05, 0) is 18.6 Å². The first-order chi connectivity index (χ1) is 10.6. The van der Waals surface area contributed by atoms with Gasteiger partial charge in [-0.1, -0.05) is 23.7 Å². The molecule has 0 unspecified atom stereocenters. The Balaban J connectivity index is 1.79. The average Bonchev–Trinajstić information content (AvgIpc) is 3.16. The topological polar surface area (TPSA) is 82.2 Å². The third-order valence-corrected chi connectivity index (χ3v) is 4.06. The van der Waals surface area contributed by atoms with E-state index >= 15 is 0 Å². The summed E-state index contributed by atoms with van der Waals surface area (Å²) in [7, 11) is 1.59. The number of rotatable bonds is 3. The van der Waals surface area contributed by atoms with Gasteiger partial charge in [-0.15, -0.1) is 0 Å². The van der Waals surface area contributed by atoms with E-state index in [0.29, 0.717) is 23.7 Å². The Morgan fingerprint density at radius 3 is 2.91 bits per heavy atom. The summed E-state index contributed by atoms with van der Waals surface area (Å²) < 4.78 is 0. The van der Waals surface area contributed by atoms with Crippen LogP contribution in [0.4, 0.5) is 5.69 Å². The van der Waals surface area contributed by atoms with Gasteiger partial charge in [-0.2, -0.15) is 15.4 Å². The molecule has 1 fully saturated rings. The van der Waals surface area contributed by atoms with E-state index < -0.39 is 6.04 Å². The highest BCUT2D eigenvalue weighted by atomic mass is 35.5. The number of amides is 2. The van der Waals surface area contributed by atoms with Gasteiger partial charge < -0.3 is 9.80 Å². The molecule has 1 aromatic heterocycles. The van der Waals surface area contributed by atoms with Gasteiger partial charge in [-0.3, -0.25) is 9.59 Å². The van der Waals surface area contributed by atoms with Crippen molar-refractivity contribution in [3.63, 3.8) is 0 Å². The maximum atomic E-state index is 12.6. The van der Waals surface area contributed by atoms with Crippen molar-refractivity contribution in [3.8, 4) is 0 Å². The van der Waals surface area contributed by atoms with E-state index in [1.165, 1.54) is 11.1 Å². The number of halogens is 1. The zero-order valence-electron chi connectivity index (χ0n) is 11.9. The monoisotopic (exact) mass is 319 g/mol. The Labute approximate surface area is 131 Å². The fourth-order valence-corrected chi connectivity index (χ4v) is 2.80. The fraction of sp³-hybridized carbons (Fsp3) is 0.286. The standard InChI is InChI=1S/C14H14ClN5O2/c1-19(13(21)10-8-16-18-17-10)12-6-7-20(14(12)22)11-5-3-2-4-9(11)15/h2-5,8,12H,6-7H2,1H3,(H,16,17,18)/t12-/m1/s1. The van der Waals surface area contributed by atoms with Crippen LogP contribution >= 0.6 is 11.6 Å². The third kappa shape index (κ3) is 2.43. The Hall–Kier alpha value is -2.41. The summed E-state index contributed by atoms with van der Waals surface area (Å²) in [6, 6.07) is 6.64. The highest BCUT2D eigenvalue weighted by molar-refractivity contribution is 6.34. The summed E-state index contributed by atoms with van der Waals surface area (Å²) in [6.07, 6.45) is 1.88. The lowest BCUT2D eigenvalue weighted by atomic mass is 10.2. The predicted octanol–water partition coefficient (Wildman–Crippen LogP) is 1.34. The van der Waals surface area contributed by atoms with Crippen LogP contribution in [0.3, 0.4) is 0 Å². The minimum Gasteiger partial charge on any atom is -0.328 e. The number of H-pyrrole nitrogens is 1. The zero-order valence-corrected chi connectivity index (χ0v) is 12.6. The molecule has 22 heavy (non-hydrogen) atoms. The van der Waals surface area contributed by atoms with Gasteiger partial charge >= 0.3 is 0 Å². The molecule has 7 nitrogen and oxygen atoms in total. The van der Waals surface area contributed by atoms with Gasteiger partial charge in [0, 0.05) is 13.6 Å². The first kappa shape index (κ1) is 14.5. The molecule has 0 bridgehead atoms. The number of para-hydroxylation sites is 1. The third-order valence-electron chi connectivity index (χ3n) is 3.74. The maximum absolute atomic E-state index is 12.6. The second-order valence-electron chi connectivity index (χ2n) is 5.02. The van der Waals surface area contributed by atoms with Gasteiger partial charge in [-0.25, -0.2) is 0 Å². The molecule has 2 amide bonds. The molecule has 0 radical (unpaired) electrons. The van der Waals surface area contributed by atoms with Crippen molar-refractivity contribution in [2.75, 3.05) is 18.5 Å². The number of nitrogens with zero attached hydrogens (tertiary/aromatic N) is 4. The smallest absolute Gasteiger partial charge is 0.276 e. The van der Waals surface area contributed by atoms with E-state index in [-0.39, 0.29) is 17.5 Å². The molecule has 1 saturated heterocycles. The van der Waals surface area contributed by atoms with E-state index in [1.54, 1.807) is 24.1 Å². The van der Waals surface area contributed by atoms with Crippen LogP contribution in [0.1, 0.15) is 16.9 Å². The molecule has 1 N–H and O–H groups in total. The lowest BCUT2D eigenvalue weighted by molar-refractivity contribution is -0.120. The molecule has 0 aliphatic carbocycles. The van der Waals surface area contributed by atoms with Crippen molar-refractivity contribution >= 4 is 29.1 Å². The lowest BCUT2D eigenvalue weighted by Gasteiger charge is -2.23. The number of likely N-dealkylation sites (N-methyl/N-ethyl adjacent to an activating group) is 1. The Morgan fingerprint density at radius 1 is 1.45 bits per heavy atom. The number of hydrogen-bond donors (Lipinski definition) is 1. The van der Waals surface area contributed by atoms with Crippen LogP contribution in [0.25, 0.3) is 0 Å². The van der Waals surface area contributed by atoms with Gasteiger partial charge in [0.1, 0.15) is 6.04 Å². The normalized spacial score (nSPS) is 17.8. The number of benzene rings is 1. The lowest BCUT2D eigenvalue weighted by Crippen LogP contribution is -2.43. The van der Waals surface area contributed by atoms with Gasteiger partial charge in [0.2, 0.25) is 5.91 Å². The molecular weight excluding hydrogens is 306 g/mol. The molecule has 8 heteroatoms. The molecular formula is C14H14ClN5O2. The Morgan fingerprint density at radius 2 is 2.23 bits per heavy atom. The SMILES string of the molecule is CN(C(=O)c1cn[nH]n1)[C@@H]1CCN(c2ccccc2Cl)C1=O. The van der Waals surface area contributed by atoms with Crippen LogP contribution in [-0.4, -0.2) is 51.8 Å². The molecule has 2 aromatic rings. The summed E-state index contributed by atoms with van der Waals surface area (Å²) in [5.41, 5.74) is 0.852. The largest absolute Gasteiger partial charge is 0.328 e. The van der Waals surface area contributed by atoms with Crippen molar-refractivity contribution in [2.45, 2.75) is 12.5 Å². The van der Waals surface area contributed by atoms with Crippen LogP contribution in [0.2, 0.25) is 5.02 Å². The summed E-state index contributed by atoms with van der Waals surface area (Å²) in [6.45, 7) is 0.518. The van der Waals surface area contributed by atoms with Crippen molar-refractivity contribution in [1.29, 1.82) is 0 Å². The summed E-state index contributed by atoms with van der Waals surface area (Å²) >= 11 is 6.14. The molecule has 2 heterocycles. The number of anilines is 1. The second kappa shape index (κ2) is 5.76. The highest BCUT2D eigenvalue weighted by Crippen LogP contribution is 2.30. The number of hydrogen-bond acceptors (Lipinski definition) is 4. The molecule has 1 aliphatic rings. The summed E-state index contributed by atoms with van der Waals surface area (Å²) in [5, 5.41) is 10.3. The van der Waals surface area contributed by atoms with Crippen molar-refractivity contribution in [1.82, 2.24) is 20.3 Å². The minimum absolute atomic E-state index is 0.146.